The molecular weight excluding hydrogens is 231 g/mol. The predicted molar refractivity (Wildman–Crippen MR) is 61.1 cm³/mol. The number of ether oxygens (including phenoxy) is 1. The van der Waals surface area contributed by atoms with Crippen LogP contribution in [0.5, 0.6) is 0 Å². The van der Waals surface area contributed by atoms with Crippen LogP contribution in [0.4, 0.5) is 18.9 Å². The number of hydrogen-bond acceptors (Lipinski definition) is 2. The lowest BCUT2D eigenvalue weighted by atomic mass is 10.1. The lowest BCUT2D eigenvalue weighted by molar-refractivity contribution is -0.138. The molecule has 0 spiro atoms. The van der Waals surface area contributed by atoms with Gasteiger partial charge >= 0.3 is 6.18 Å². The van der Waals surface area contributed by atoms with Crippen molar-refractivity contribution in [1.82, 2.24) is 0 Å². The average molecular weight is 247 g/mol. The second-order valence-electron chi connectivity index (χ2n) is 4.03. The van der Waals surface area contributed by atoms with Gasteiger partial charge in [-0.15, -0.1) is 0 Å². The average Bonchev–Trinajstić information content (AvgIpc) is 2.19. The van der Waals surface area contributed by atoms with E-state index in [4.69, 9.17) is 4.74 Å². The zero-order chi connectivity index (χ0) is 13.1. The van der Waals surface area contributed by atoms with Crippen molar-refractivity contribution in [2.75, 3.05) is 19.0 Å². The Morgan fingerprint density at radius 2 is 2.00 bits per heavy atom. The number of alkyl halides is 3. The molecule has 1 unspecified atom stereocenters. The summed E-state index contributed by atoms with van der Waals surface area (Å²) in [6.07, 6.45) is -4.31. The van der Waals surface area contributed by atoms with Gasteiger partial charge in [0.2, 0.25) is 0 Å². The van der Waals surface area contributed by atoms with Crippen LogP contribution in [0, 0.1) is 6.92 Å². The van der Waals surface area contributed by atoms with Gasteiger partial charge in [0.1, 0.15) is 0 Å². The molecule has 0 heterocycles. The van der Waals surface area contributed by atoms with Crippen molar-refractivity contribution in [2.24, 2.45) is 0 Å². The summed E-state index contributed by atoms with van der Waals surface area (Å²) in [5.74, 6) is 0. The molecule has 2 nitrogen and oxygen atoms in total. The van der Waals surface area contributed by atoms with E-state index < -0.39 is 11.7 Å². The molecule has 0 aliphatic carbocycles. The Morgan fingerprint density at radius 1 is 1.35 bits per heavy atom. The van der Waals surface area contributed by atoms with Crippen molar-refractivity contribution in [3.05, 3.63) is 29.3 Å². The lowest BCUT2D eigenvalue weighted by Crippen LogP contribution is -2.21. The predicted octanol–water partition coefficient (Wildman–Crippen LogP) is 3.46. The van der Waals surface area contributed by atoms with E-state index in [2.05, 4.69) is 5.32 Å². The third-order valence-electron chi connectivity index (χ3n) is 2.37. The summed E-state index contributed by atoms with van der Waals surface area (Å²) in [6, 6.07) is 4.19. The van der Waals surface area contributed by atoms with E-state index in [-0.39, 0.29) is 11.6 Å². The first-order valence-corrected chi connectivity index (χ1v) is 5.28. The fourth-order valence-electron chi connectivity index (χ4n) is 1.59. The molecule has 0 aliphatic heterocycles. The number of hydrogen-bond donors (Lipinski definition) is 1. The van der Waals surface area contributed by atoms with Crippen LogP contribution in [-0.2, 0) is 10.9 Å². The highest BCUT2D eigenvalue weighted by Gasteiger charge is 2.32. The number of nitrogens with one attached hydrogen (secondary N) is 1. The van der Waals surface area contributed by atoms with Crippen LogP contribution in [0.3, 0.4) is 0 Å². The molecule has 0 aliphatic rings. The van der Waals surface area contributed by atoms with Crippen molar-refractivity contribution < 1.29 is 17.9 Å². The Balaban J connectivity index is 2.89. The van der Waals surface area contributed by atoms with Gasteiger partial charge in [-0.25, -0.2) is 0 Å². The highest BCUT2D eigenvalue weighted by Crippen LogP contribution is 2.33. The first kappa shape index (κ1) is 13.8. The molecule has 0 bridgehead atoms. The summed E-state index contributed by atoms with van der Waals surface area (Å²) in [6.45, 7) is 3.73. The minimum absolute atomic E-state index is 0.0382. The van der Waals surface area contributed by atoms with E-state index in [0.29, 0.717) is 12.3 Å². The van der Waals surface area contributed by atoms with Crippen molar-refractivity contribution in [3.8, 4) is 0 Å². The van der Waals surface area contributed by atoms with Crippen molar-refractivity contribution >= 4 is 5.69 Å². The summed E-state index contributed by atoms with van der Waals surface area (Å²) < 4.78 is 42.9. The standard InChI is InChI=1S/C12H16F3NO/c1-8-4-5-10(16-9(2)7-17-3)6-11(8)12(13,14)15/h4-6,9,16H,7H2,1-3H3. The summed E-state index contributed by atoms with van der Waals surface area (Å²) in [4.78, 5) is 0. The Morgan fingerprint density at radius 3 is 2.53 bits per heavy atom. The zero-order valence-electron chi connectivity index (χ0n) is 10.1. The largest absolute Gasteiger partial charge is 0.416 e. The Hall–Kier alpha value is -1.23. The first-order chi connectivity index (χ1) is 7.84. The molecule has 0 radical (unpaired) electrons. The lowest BCUT2D eigenvalue weighted by Gasteiger charge is -2.17. The second kappa shape index (κ2) is 5.40. The summed E-state index contributed by atoms with van der Waals surface area (Å²) in [5, 5.41) is 2.96. The number of halogens is 3. The van der Waals surface area contributed by atoms with Gasteiger partial charge in [0.25, 0.3) is 0 Å². The molecule has 0 amide bonds. The van der Waals surface area contributed by atoms with E-state index in [1.54, 1.807) is 13.2 Å². The zero-order valence-corrected chi connectivity index (χ0v) is 10.1. The maximum Gasteiger partial charge on any atom is 0.416 e. The normalized spacial score (nSPS) is 13.5. The summed E-state index contributed by atoms with van der Waals surface area (Å²) >= 11 is 0. The van der Waals surface area contributed by atoms with Crippen molar-refractivity contribution in [3.63, 3.8) is 0 Å². The Kier molecular flexibility index (Phi) is 4.40. The summed E-state index contributed by atoms with van der Waals surface area (Å²) in [5.41, 5.74) is 0.0713. The molecule has 0 aromatic heterocycles. The second-order valence-corrected chi connectivity index (χ2v) is 4.03. The van der Waals surface area contributed by atoms with Gasteiger partial charge in [0.05, 0.1) is 12.2 Å². The van der Waals surface area contributed by atoms with Crippen LogP contribution in [-0.4, -0.2) is 19.8 Å². The van der Waals surface area contributed by atoms with E-state index in [1.807, 2.05) is 6.92 Å². The molecule has 0 saturated heterocycles. The van der Waals surface area contributed by atoms with Crippen LogP contribution < -0.4 is 5.32 Å². The highest BCUT2D eigenvalue weighted by molar-refractivity contribution is 5.50. The molecule has 1 aromatic carbocycles. The quantitative estimate of drug-likeness (QED) is 0.879. The Bertz CT molecular complexity index is 377. The fraction of sp³-hybridized carbons (Fsp3) is 0.500. The highest BCUT2D eigenvalue weighted by atomic mass is 19.4. The number of anilines is 1. The number of methoxy groups -OCH3 is 1. The van der Waals surface area contributed by atoms with Crippen LogP contribution in [0.25, 0.3) is 0 Å². The van der Waals surface area contributed by atoms with E-state index in [1.165, 1.54) is 13.0 Å². The van der Waals surface area contributed by atoms with Gasteiger partial charge in [0.15, 0.2) is 0 Å². The third-order valence-corrected chi connectivity index (χ3v) is 2.37. The fourth-order valence-corrected chi connectivity index (χ4v) is 1.59. The monoisotopic (exact) mass is 247 g/mol. The smallest absolute Gasteiger partial charge is 0.383 e. The van der Waals surface area contributed by atoms with Gasteiger partial charge in [-0.1, -0.05) is 6.07 Å². The molecule has 96 valence electrons. The third kappa shape index (κ3) is 3.93. The maximum absolute atomic E-state index is 12.7. The van der Waals surface area contributed by atoms with Gasteiger partial charge in [0, 0.05) is 18.8 Å². The van der Waals surface area contributed by atoms with Crippen molar-refractivity contribution in [2.45, 2.75) is 26.1 Å². The first-order valence-electron chi connectivity index (χ1n) is 5.28. The topological polar surface area (TPSA) is 21.3 Å². The van der Waals surface area contributed by atoms with Gasteiger partial charge in [-0.3, -0.25) is 0 Å². The minimum atomic E-state index is -4.31. The number of aryl methyl sites for hydroxylation is 1. The maximum atomic E-state index is 12.7. The molecule has 1 aromatic rings. The van der Waals surface area contributed by atoms with Crippen molar-refractivity contribution in [1.29, 1.82) is 0 Å². The van der Waals surface area contributed by atoms with Crippen LogP contribution >= 0.6 is 0 Å². The van der Waals surface area contributed by atoms with E-state index >= 15 is 0 Å². The SMILES string of the molecule is COCC(C)Nc1ccc(C)c(C(F)(F)F)c1. The van der Waals surface area contributed by atoms with Gasteiger partial charge in [-0.05, 0) is 31.5 Å². The van der Waals surface area contributed by atoms with E-state index in [9.17, 15) is 13.2 Å². The van der Waals surface area contributed by atoms with Crippen LogP contribution in [0.2, 0.25) is 0 Å². The summed E-state index contributed by atoms with van der Waals surface area (Å²) in [7, 11) is 1.55. The Labute approximate surface area is 98.8 Å². The molecular formula is C12H16F3NO. The number of benzene rings is 1. The molecule has 1 N–H and O–H groups in total. The van der Waals surface area contributed by atoms with E-state index in [0.717, 1.165) is 6.07 Å². The molecule has 1 rings (SSSR count). The molecule has 0 fully saturated rings. The number of rotatable bonds is 4. The molecule has 17 heavy (non-hydrogen) atoms. The van der Waals surface area contributed by atoms with Gasteiger partial charge < -0.3 is 10.1 Å². The van der Waals surface area contributed by atoms with Crippen LogP contribution in [0.1, 0.15) is 18.1 Å². The van der Waals surface area contributed by atoms with Gasteiger partial charge in [-0.2, -0.15) is 13.2 Å². The molecule has 5 heteroatoms. The molecule has 1 atom stereocenters. The minimum Gasteiger partial charge on any atom is -0.383 e. The molecule has 0 saturated carbocycles. The van der Waals surface area contributed by atoms with Crippen LogP contribution in [0.15, 0.2) is 18.2 Å².